The molecule has 1 N–H and O–H groups in total. The molecule has 1 heterocycles. The second kappa shape index (κ2) is 9.06. The fourth-order valence-corrected chi connectivity index (χ4v) is 4.16. The summed E-state index contributed by atoms with van der Waals surface area (Å²) in [5, 5.41) is 10.2. The van der Waals surface area contributed by atoms with Crippen LogP contribution in [-0.4, -0.2) is 33.6 Å². The first-order valence-electron chi connectivity index (χ1n) is 10.7. The van der Waals surface area contributed by atoms with Crippen molar-refractivity contribution in [3.05, 3.63) is 40.6 Å². The molecule has 1 aromatic heterocycles. The summed E-state index contributed by atoms with van der Waals surface area (Å²) in [7, 11) is 0.838. The lowest BCUT2D eigenvalue weighted by atomic mass is 10.1. The lowest BCUT2D eigenvalue weighted by Crippen LogP contribution is -2.44. The van der Waals surface area contributed by atoms with Crippen LogP contribution in [0.5, 0.6) is 28.7 Å². The first kappa shape index (κ1) is 25.2. The van der Waals surface area contributed by atoms with Crippen LogP contribution in [0, 0.1) is 0 Å². The van der Waals surface area contributed by atoms with Gasteiger partial charge < -0.3 is 28.2 Å². The van der Waals surface area contributed by atoms with Gasteiger partial charge in [0, 0.05) is 30.7 Å². The molecule has 0 aliphatic heterocycles. The van der Waals surface area contributed by atoms with Crippen molar-refractivity contribution in [2.24, 2.45) is 0 Å². The highest BCUT2D eigenvalue weighted by Gasteiger charge is 2.40. The standard InChI is InChI=1S/C25H30O8Si/c1-14(26)31-16-11-17(27)23-18(28)13-19(32-20(23)12-16)15-9-21(29-5)24(22(10-15)30-6)33-34(7,8)25(2,3)4/h9-13,27H,1-8H3. The molecular weight excluding hydrogens is 456 g/mol. The largest absolute Gasteiger partial charge is 0.539 e. The molecule has 0 saturated heterocycles. The van der Waals surface area contributed by atoms with Crippen LogP contribution >= 0.6 is 0 Å². The highest BCUT2D eigenvalue weighted by atomic mass is 28.4. The van der Waals surface area contributed by atoms with Crippen LogP contribution < -0.4 is 24.1 Å². The first-order chi connectivity index (χ1) is 15.8. The van der Waals surface area contributed by atoms with E-state index in [-0.39, 0.29) is 33.3 Å². The normalized spacial score (nSPS) is 11.9. The molecule has 34 heavy (non-hydrogen) atoms. The average Bonchev–Trinajstić information content (AvgIpc) is 2.71. The lowest BCUT2D eigenvalue weighted by molar-refractivity contribution is -0.131. The van der Waals surface area contributed by atoms with E-state index in [1.54, 1.807) is 12.1 Å². The second-order valence-electron chi connectivity index (χ2n) is 9.46. The van der Waals surface area contributed by atoms with E-state index in [1.807, 2.05) is 0 Å². The summed E-state index contributed by atoms with van der Waals surface area (Å²) < 4.78 is 28.7. The number of methoxy groups -OCH3 is 2. The maximum absolute atomic E-state index is 12.8. The van der Waals surface area contributed by atoms with Gasteiger partial charge in [-0.15, -0.1) is 0 Å². The number of hydrogen-bond donors (Lipinski definition) is 1. The van der Waals surface area contributed by atoms with Crippen LogP contribution in [0.3, 0.4) is 0 Å². The maximum atomic E-state index is 12.8. The fourth-order valence-electron chi connectivity index (χ4n) is 3.14. The summed E-state index contributed by atoms with van der Waals surface area (Å²) >= 11 is 0. The van der Waals surface area contributed by atoms with Gasteiger partial charge in [0.25, 0.3) is 8.32 Å². The average molecular weight is 487 g/mol. The molecule has 0 spiro atoms. The fraction of sp³-hybridized carbons (Fsp3) is 0.360. The Morgan fingerprint density at radius 2 is 1.59 bits per heavy atom. The molecule has 2 aromatic carbocycles. The second-order valence-corrected chi connectivity index (χ2v) is 14.2. The minimum absolute atomic E-state index is 0.0172. The maximum Gasteiger partial charge on any atom is 0.308 e. The minimum Gasteiger partial charge on any atom is -0.539 e. The smallest absolute Gasteiger partial charge is 0.308 e. The lowest BCUT2D eigenvalue weighted by Gasteiger charge is -2.37. The number of aromatic hydroxyl groups is 1. The summed E-state index contributed by atoms with van der Waals surface area (Å²) in [5.41, 5.74) is 0.119. The number of esters is 1. The number of ether oxygens (including phenoxy) is 3. The molecular formula is C25H30O8Si. The molecule has 9 heteroatoms. The van der Waals surface area contributed by atoms with Gasteiger partial charge in [0.1, 0.15) is 28.2 Å². The van der Waals surface area contributed by atoms with Gasteiger partial charge in [-0.25, -0.2) is 0 Å². The molecule has 8 nitrogen and oxygen atoms in total. The molecule has 3 aromatic rings. The van der Waals surface area contributed by atoms with Crippen molar-refractivity contribution in [1.82, 2.24) is 0 Å². The molecule has 0 fully saturated rings. The van der Waals surface area contributed by atoms with Gasteiger partial charge in [0.05, 0.1) is 14.2 Å². The van der Waals surface area contributed by atoms with E-state index in [0.29, 0.717) is 22.8 Å². The highest BCUT2D eigenvalue weighted by molar-refractivity contribution is 6.74. The number of fused-ring (bicyclic) bond motifs is 1. The Bertz CT molecular complexity index is 1280. The molecule has 0 atom stereocenters. The Labute approximate surface area is 199 Å². The third-order valence-corrected chi connectivity index (χ3v) is 10.3. The van der Waals surface area contributed by atoms with Crippen LogP contribution in [0.15, 0.2) is 39.5 Å². The van der Waals surface area contributed by atoms with E-state index in [4.69, 9.17) is 23.1 Å². The first-order valence-corrected chi connectivity index (χ1v) is 13.6. The molecule has 3 rings (SSSR count). The van der Waals surface area contributed by atoms with Crippen molar-refractivity contribution in [1.29, 1.82) is 0 Å². The summed E-state index contributed by atoms with van der Waals surface area (Å²) in [6, 6.07) is 7.25. The Morgan fingerprint density at radius 3 is 2.09 bits per heavy atom. The highest BCUT2D eigenvalue weighted by Crippen LogP contribution is 2.46. The zero-order chi connectivity index (χ0) is 25.4. The van der Waals surface area contributed by atoms with Crippen molar-refractivity contribution in [3.63, 3.8) is 0 Å². The van der Waals surface area contributed by atoms with Crippen LogP contribution in [0.2, 0.25) is 18.1 Å². The molecule has 0 bridgehead atoms. The van der Waals surface area contributed by atoms with E-state index >= 15 is 0 Å². The van der Waals surface area contributed by atoms with Gasteiger partial charge in [0.15, 0.2) is 22.7 Å². The molecule has 0 aliphatic carbocycles. The summed E-state index contributed by atoms with van der Waals surface area (Å²) in [6.07, 6.45) is 0. The third-order valence-electron chi connectivity index (χ3n) is 5.95. The molecule has 0 radical (unpaired) electrons. The zero-order valence-corrected chi connectivity index (χ0v) is 21.7. The minimum atomic E-state index is -2.21. The van der Waals surface area contributed by atoms with Crippen LogP contribution in [0.25, 0.3) is 22.3 Å². The number of phenolic OH excluding ortho intramolecular Hbond substituents is 1. The van der Waals surface area contributed by atoms with Crippen molar-refractivity contribution in [2.45, 2.75) is 45.8 Å². The van der Waals surface area contributed by atoms with Crippen molar-refractivity contribution in [3.8, 4) is 40.1 Å². The van der Waals surface area contributed by atoms with Gasteiger partial charge in [-0.1, -0.05) is 20.8 Å². The Hall–Kier alpha value is -3.46. The number of carbonyl (C=O) groups is 1. The number of hydrogen-bond acceptors (Lipinski definition) is 8. The zero-order valence-electron chi connectivity index (χ0n) is 20.7. The van der Waals surface area contributed by atoms with Gasteiger partial charge in [-0.2, -0.15) is 0 Å². The van der Waals surface area contributed by atoms with Crippen molar-refractivity contribution in [2.75, 3.05) is 14.2 Å². The van der Waals surface area contributed by atoms with Crippen LogP contribution in [-0.2, 0) is 4.79 Å². The predicted molar refractivity (Wildman–Crippen MR) is 132 cm³/mol. The van der Waals surface area contributed by atoms with E-state index in [1.165, 1.54) is 39.3 Å². The molecule has 0 unspecified atom stereocenters. The monoisotopic (exact) mass is 486 g/mol. The Balaban J connectivity index is 2.18. The van der Waals surface area contributed by atoms with E-state index in [0.717, 1.165) is 0 Å². The van der Waals surface area contributed by atoms with Gasteiger partial charge >= 0.3 is 5.97 Å². The number of benzene rings is 2. The van der Waals surface area contributed by atoms with Crippen molar-refractivity contribution >= 4 is 25.3 Å². The Kier molecular flexibility index (Phi) is 6.70. The van der Waals surface area contributed by atoms with Gasteiger partial charge in [-0.3, -0.25) is 9.59 Å². The summed E-state index contributed by atoms with van der Waals surface area (Å²) in [6.45, 7) is 11.9. The SMILES string of the molecule is COc1cc(-c2cc(=O)c3c(O)cc(OC(C)=O)cc3o2)cc(OC)c1O[Si](C)(C)C(C)(C)C. The molecule has 0 aliphatic rings. The van der Waals surface area contributed by atoms with Crippen LogP contribution in [0.4, 0.5) is 0 Å². The van der Waals surface area contributed by atoms with E-state index < -0.39 is 19.7 Å². The number of rotatable bonds is 6. The van der Waals surface area contributed by atoms with Gasteiger partial charge in [-0.05, 0) is 30.3 Å². The quantitative estimate of drug-likeness (QED) is 0.277. The predicted octanol–water partition coefficient (Wildman–Crippen LogP) is 5.49. The summed E-state index contributed by atoms with van der Waals surface area (Å²) in [5.74, 6) is 0.708. The van der Waals surface area contributed by atoms with E-state index in [2.05, 4.69) is 33.9 Å². The topological polar surface area (TPSA) is 104 Å². The summed E-state index contributed by atoms with van der Waals surface area (Å²) in [4.78, 5) is 24.1. The molecule has 182 valence electrons. The number of phenols is 1. The van der Waals surface area contributed by atoms with E-state index in [9.17, 15) is 14.7 Å². The molecule has 0 saturated carbocycles. The Morgan fingerprint density at radius 1 is 1.00 bits per heavy atom. The third kappa shape index (κ3) is 4.89. The molecule has 0 amide bonds. The van der Waals surface area contributed by atoms with Crippen LogP contribution in [0.1, 0.15) is 27.7 Å². The van der Waals surface area contributed by atoms with Crippen molar-refractivity contribution < 1.29 is 33.0 Å². The number of carbonyl (C=O) groups excluding carboxylic acids is 1. The van der Waals surface area contributed by atoms with Gasteiger partial charge in [0.2, 0.25) is 0 Å².